The first-order chi connectivity index (χ1) is 29.3. The Morgan fingerprint density at radius 2 is 0.617 bits per heavy atom. The van der Waals surface area contributed by atoms with E-state index in [1.807, 2.05) is 0 Å². The predicted octanol–water partition coefficient (Wildman–Crippen LogP) is 11.5. The van der Waals surface area contributed by atoms with Gasteiger partial charge in [-0.05, 0) is 141 Å². The van der Waals surface area contributed by atoms with Crippen LogP contribution in [0.15, 0.2) is 0 Å². The second kappa shape index (κ2) is 27.8. The Morgan fingerprint density at radius 3 is 0.950 bits per heavy atom. The molecule has 60 heavy (non-hydrogen) atoms. The minimum Gasteiger partial charge on any atom is -0.462 e. The quantitative estimate of drug-likeness (QED) is 0.0527. The number of ether oxygens (including phenoxy) is 6. The Kier molecular flexibility index (Phi) is 22.6. The zero-order valence-corrected chi connectivity index (χ0v) is 37.9. The SMILES string of the molecule is CCCCCCCCOC1CCC(C(=O)OC2CCC(C(=O)OC3CCCCC3OC(=O)C3CCC(OC(=O)C4CCC(OCCCCCCCC)CC4)CC3)CC2)CC1. The molecule has 0 aliphatic heterocycles. The van der Waals surface area contributed by atoms with E-state index in [9.17, 15) is 19.2 Å². The van der Waals surface area contributed by atoms with Gasteiger partial charge in [0.15, 0.2) is 0 Å². The number of carbonyl (C=O) groups is 4. The highest BCUT2D eigenvalue weighted by atomic mass is 16.6. The molecule has 0 bridgehead atoms. The van der Waals surface area contributed by atoms with Crippen LogP contribution in [-0.2, 0) is 47.6 Å². The topological polar surface area (TPSA) is 124 Å². The Balaban J connectivity index is 0.914. The standard InChI is InChI=1S/C50H84O10/c1-3-5-7-9-11-15-35-55-41-27-19-37(20-28-41)47(51)57-43-31-23-39(24-32-43)49(53)59-45-17-13-14-18-46(45)60-50(54)40-25-33-44(34-26-40)58-48(52)38-21-29-42(30-22-38)56-36-16-12-10-8-6-4-2/h37-46H,3-36H2,1-2H3. The van der Waals surface area contributed by atoms with Gasteiger partial charge in [-0.1, -0.05) is 78.1 Å². The van der Waals surface area contributed by atoms with Crippen LogP contribution in [0.2, 0.25) is 0 Å². The lowest BCUT2D eigenvalue weighted by Gasteiger charge is -2.35. The molecule has 10 heteroatoms. The molecule has 5 aliphatic carbocycles. The lowest BCUT2D eigenvalue weighted by Crippen LogP contribution is -2.41. The summed E-state index contributed by atoms with van der Waals surface area (Å²) in [5, 5.41) is 0. The average molecular weight is 845 g/mol. The minimum atomic E-state index is -0.427. The second-order valence-electron chi connectivity index (χ2n) is 19.3. The van der Waals surface area contributed by atoms with Crippen LogP contribution in [0.25, 0.3) is 0 Å². The van der Waals surface area contributed by atoms with Crippen LogP contribution in [0, 0.1) is 23.7 Å². The molecule has 0 amide bonds. The van der Waals surface area contributed by atoms with Gasteiger partial charge in [0.05, 0.1) is 35.9 Å². The molecule has 2 atom stereocenters. The maximum Gasteiger partial charge on any atom is 0.309 e. The van der Waals surface area contributed by atoms with E-state index in [-0.39, 0.29) is 72.0 Å². The lowest BCUT2D eigenvalue weighted by atomic mass is 9.85. The van der Waals surface area contributed by atoms with Gasteiger partial charge in [0.1, 0.15) is 24.4 Å². The normalized spacial score (nSPS) is 31.2. The van der Waals surface area contributed by atoms with Crippen LogP contribution in [0.3, 0.4) is 0 Å². The van der Waals surface area contributed by atoms with Crippen molar-refractivity contribution in [1.29, 1.82) is 0 Å². The maximum atomic E-state index is 13.4. The fraction of sp³-hybridized carbons (Fsp3) is 0.920. The van der Waals surface area contributed by atoms with Gasteiger partial charge < -0.3 is 28.4 Å². The van der Waals surface area contributed by atoms with Crippen molar-refractivity contribution in [3.05, 3.63) is 0 Å². The smallest absolute Gasteiger partial charge is 0.309 e. The molecule has 0 aromatic heterocycles. The molecule has 0 N–H and O–H groups in total. The summed E-state index contributed by atoms with van der Waals surface area (Å²) < 4.78 is 36.3. The number of unbranched alkanes of at least 4 members (excludes halogenated alkanes) is 10. The first kappa shape index (κ1) is 48.8. The molecule has 0 spiro atoms. The molecular weight excluding hydrogens is 761 g/mol. The third kappa shape index (κ3) is 17.2. The summed E-state index contributed by atoms with van der Waals surface area (Å²) in [6, 6.07) is 0. The molecule has 0 heterocycles. The molecule has 0 aromatic rings. The van der Waals surface area contributed by atoms with E-state index < -0.39 is 12.2 Å². The van der Waals surface area contributed by atoms with Gasteiger partial charge >= 0.3 is 23.9 Å². The Hall–Kier alpha value is -2.20. The van der Waals surface area contributed by atoms with Crippen LogP contribution in [0.4, 0.5) is 0 Å². The monoisotopic (exact) mass is 845 g/mol. The highest BCUT2D eigenvalue weighted by Crippen LogP contribution is 2.35. The van der Waals surface area contributed by atoms with Gasteiger partial charge in [0.2, 0.25) is 0 Å². The number of hydrogen-bond acceptors (Lipinski definition) is 10. The zero-order chi connectivity index (χ0) is 42.4. The van der Waals surface area contributed by atoms with Crippen molar-refractivity contribution in [2.24, 2.45) is 23.7 Å². The van der Waals surface area contributed by atoms with E-state index >= 15 is 0 Å². The summed E-state index contributed by atoms with van der Waals surface area (Å²) in [4.78, 5) is 52.8. The summed E-state index contributed by atoms with van der Waals surface area (Å²) in [5.41, 5.74) is 0. The molecule has 0 radical (unpaired) electrons. The number of esters is 4. The number of rotatable bonds is 24. The molecule has 10 nitrogen and oxygen atoms in total. The van der Waals surface area contributed by atoms with Crippen molar-refractivity contribution in [3.63, 3.8) is 0 Å². The molecule has 344 valence electrons. The highest BCUT2D eigenvalue weighted by molar-refractivity contribution is 5.75. The van der Waals surface area contributed by atoms with Crippen LogP contribution < -0.4 is 0 Å². The Morgan fingerprint density at radius 1 is 0.333 bits per heavy atom. The summed E-state index contributed by atoms with van der Waals surface area (Å²) in [6.45, 7) is 6.13. The van der Waals surface area contributed by atoms with Gasteiger partial charge in [-0.25, -0.2) is 0 Å². The van der Waals surface area contributed by atoms with Crippen molar-refractivity contribution in [3.8, 4) is 0 Å². The molecule has 0 saturated heterocycles. The molecular formula is C50H84O10. The minimum absolute atomic E-state index is 0.0553. The van der Waals surface area contributed by atoms with Crippen molar-refractivity contribution in [2.45, 2.75) is 256 Å². The third-order valence-electron chi connectivity index (χ3n) is 14.5. The molecule has 5 fully saturated rings. The molecule has 0 aromatic carbocycles. The first-order valence-corrected chi connectivity index (χ1v) is 25.4. The van der Waals surface area contributed by atoms with Crippen molar-refractivity contribution >= 4 is 23.9 Å². The molecule has 5 aliphatic rings. The largest absolute Gasteiger partial charge is 0.462 e. The summed E-state index contributed by atoms with van der Waals surface area (Å²) >= 11 is 0. The van der Waals surface area contributed by atoms with E-state index in [2.05, 4.69) is 13.8 Å². The molecule has 5 rings (SSSR count). The number of carbonyl (C=O) groups excluding carboxylic acids is 4. The van der Waals surface area contributed by atoms with Crippen LogP contribution in [0.5, 0.6) is 0 Å². The fourth-order valence-corrected chi connectivity index (χ4v) is 10.4. The van der Waals surface area contributed by atoms with E-state index in [1.54, 1.807) is 0 Å². The zero-order valence-electron chi connectivity index (χ0n) is 37.9. The van der Waals surface area contributed by atoms with Gasteiger partial charge in [-0.3, -0.25) is 19.2 Å². The predicted molar refractivity (Wildman–Crippen MR) is 232 cm³/mol. The summed E-state index contributed by atoms with van der Waals surface area (Å²) in [5.74, 6) is -1.18. The van der Waals surface area contributed by atoms with E-state index in [0.717, 1.165) is 90.3 Å². The van der Waals surface area contributed by atoms with Crippen LogP contribution in [0.1, 0.15) is 219 Å². The lowest BCUT2D eigenvalue weighted by molar-refractivity contribution is -0.179. The van der Waals surface area contributed by atoms with E-state index in [4.69, 9.17) is 28.4 Å². The van der Waals surface area contributed by atoms with Gasteiger partial charge in [-0.15, -0.1) is 0 Å². The van der Waals surface area contributed by atoms with Crippen LogP contribution >= 0.6 is 0 Å². The highest BCUT2D eigenvalue weighted by Gasteiger charge is 2.39. The Bertz CT molecular complexity index is 1130. The Labute approximate surface area is 363 Å². The van der Waals surface area contributed by atoms with Gasteiger partial charge in [0.25, 0.3) is 0 Å². The maximum absolute atomic E-state index is 13.4. The average Bonchev–Trinajstić information content (AvgIpc) is 3.27. The number of hydrogen-bond donors (Lipinski definition) is 0. The van der Waals surface area contributed by atoms with Gasteiger partial charge in [-0.2, -0.15) is 0 Å². The van der Waals surface area contributed by atoms with E-state index in [0.29, 0.717) is 64.2 Å². The second-order valence-corrected chi connectivity index (χ2v) is 19.3. The summed E-state index contributed by atoms with van der Waals surface area (Å²) in [7, 11) is 0. The molecule has 2 unspecified atom stereocenters. The van der Waals surface area contributed by atoms with Crippen LogP contribution in [-0.4, -0.2) is 73.7 Å². The first-order valence-electron chi connectivity index (χ1n) is 25.4. The summed E-state index contributed by atoms with van der Waals surface area (Å²) in [6.07, 6.45) is 29.9. The van der Waals surface area contributed by atoms with Crippen molar-refractivity contribution in [2.75, 3.05) is 13.2 Å². The third-order valence-corrected chi connectivity index (χ3v) is 14.5. The molecule has 5 saturated carbocycles. The van der Waals surface area contributed by atoms with Crippen molar-refractivity contribution < 1.29 is 47.6 Å². The van der Waals surface area contributed by atoms with Gasteiger partial charge in [0, 0.05) is 13.2 Å². The fourth-order valence-electron chi connectivity index (χ4n) is 10.4. The van der Waals surface area contributed by atoms with Crippen molar-refractivity contribution in [1.82, 2.24) is 0 Å². The van der Waals surface area contributed by atoms with E-state index in [1.165, 1.54) is 64.2 Å².